The van der Waals surface area contributed by atoms with Gasteiger partial charge in [0.1, 0.15) is 41.4 Å². The molecule has 4 rings (SSSR count). The second-order valence-corrected chi connectivity index (χ2v) is 6.50. The van der Waals surface area contributed by atoms with Gasteiger partial charge in [0.05, 0.1) is 11.1 Å². The van der Waals surface area contributed by atoms with Crippen molar-refractivity contribution in [1.82, 2.24) is 20.3 Å². The zero-order valence-corrected chi connectivity index (χ0v) is 15.5. The van der Waals surface area contributed by atoms with Crippen molar-refractivity contribution in [1.29, 1.82) is 0 Å². The topological polar surface area (TPSA) is 98.1 Å². The monoisotopic (exact) mass is 456 g/mol. The van der Waals surface area contributed by atoms with Crippen LogP contribution in [-0.4, -0.2) is 25.4 Å². The van der Waals surface area contributed by atoms with Crippen molar-refractivity contribution in [2.45, 2.75) is 18.5 Å². The fraction of sp³-hybridized carbons (Fsp3) is 0.158. The molecule has 0 atom stereocenters. The van der Waals surface area contributed by atoms with E-state index in [1.165, 1.54) is 0 Å². The van der Waals surface area contributed by atoms with E-state index in [0.29, 0.717) is 0 Å². The molecular formula is C19H10F6N4O3. The quantitative estimate of drug-likeness (QED) is 0.436. The van der Waals surface area contributed by atoms with Crippen molar-refractivity contribution in [3.8, 4) is 22.5 Å². The lowest BCUT2D eigenvalue weighted by molar-refractivity contribution is -0.141. The SMILES string of the molecule is OC(c1conc1-c1ccc(C(F)(F)F)nc1)c1conc1-c1ccc(C(F)(F)F)nc1. The first-order valence-corrected chi connectivity index (χ1v) is 8.69. The Kier molecular flexibility index (Phi) is 5.20. The minimum Gasteiger partial charge on any atom is -0.383 e. The second-order valence-electron chi connectivity index (χ2n) is 6.50. The fourth-order valence-electron chi connectivity index (χ4n) is 2.89. The van der Waals surface area contributed by atoms with E-state index >= 15 is 0 Å². The van der Waals surface area contributed by atoms with Crippen LogP contribution in [0.25, 0.3) is 22.5 Å². The lowest BCUT2D eigenvalue weighted by Gasteiger charge is -2.11. The largest absolute Gasteiger partial charge is 0.433 e. The van der Waals surface area contributed by atoms with Crippen LogP contribution >= 0.6 is 0 Å². The van der Waals surface area contributed by atoms with Crippen LogP contribution in [0.3, 0.4) is 0 Å². The molecular weight excluding hydrogens is 446 g/mol. The first-order valence-electron chi connectivity index (χ1n) is 8.69. The van der Waals surface area contributed by atoms with Gasteiger partial charge < -0.3 is 14.2 Å². The van der Waals surface area contributed by atoms with Crippen LogP contribution in [0.15, 0.2) is 58.2 Å². The molecule has 13 heteroatoms. The number of rotatable bonds is 4. The molecule has 0 saturated carbocycles. The molecule has 0 bridgehead atoms. The van der Waals surface area contributed by atoms with Crippen molar-refractivity contribution < 1.29 is 40.5 Å². The summed E-state index contributed by atoms with van der Waals surface area (Å²) in [6.45, 7) is 0. The summed E-state index contributed by atoms with van der Waals surface area (Å²) in [7, 11) is 0. The summed E-state index contributed by atoms with van der Waals surface area (Å²) >= 11 is 0. The number of hydrogen-bond acceptors (Lipinski definition) is 7. The van der Waals surface area contributed by atoms with Gasteiger partial charge in [0, 0.05) is 23.5 Å². The van der Waals surface area contributed by atoms with Crippen LogP contribution in [0.2, 0.25) is 0 Å². The number of aromatic nitrogens is 4. The molecule has 32 heavy (non-hydrogen) atoms. The van der Waals surface area contributed by atoms with Crippen LogP contribution < -0.4 is 0 Å². The van der Waals surface area contributed by atoms with Gasteiger partial charge in [-0.3, -0.25) is 9.97 Å². The van der Waals surface area contributed by atoms with Gasteiger partial charge in [0.15, 0.2) is 0 Å². The summed E-state index contributed by atoms with van der Waals surface area (Å²) in [5, 5.41) is 18.2. The van der Waals surface area contributed by atoms with Crippen molar-refractivity contribution in [2.75, 3.05) is 0 Å². The van der Waals surface area contributed by atoms with Crippen molar-refractivity contribution >= 4 is 0 Å². The minimum atomic E-state index is -4.63. The van der Waals surface area contributed by atoms with Gasteiger partial charge in [0.25, 0.3) is 0 Å². The Morgan fingerprint density at radius 2 is 1.09 bits per heavy atom. The summed E-state index contributed by atoms with van der Waals surface area (Å²) in [6.07, 6.45) is -6.76. The smallest absolute Gasteiger partial charge is 0.383 e. The van der Waals surface area contributed by atoms with Crippen LogP contribution in [0.1, 0.15) is 28.6 Å². The maximum absolute atomic E-state index is 12.7. The van der Waals surface area contributed by atoms with E-state index in [1.807, 2.05) is 0 Å². The molecule has 0 amide bonds. The Hall–Kier alpha value is -3.74. The van der Waals surface area contributed by atoms with Gasteiger partial charge in [-0.1, -0.05) is 10.3 Å². The molecule has 0 aromatic carbocycles. The number of halogens is 6. The van der Waals surface area contributed by atoms with Crippen molar-refractivity contribution in [3.63, 3.8) is 0 Å². The van der Waals surface area contributed by atoms with Gasteiger partial charge in [-0.25, -0.2) is 0 Å². The van der Waals surface area contributed by atoms with E-state index in [1.54, 1.807) is 0 Å². The lowest BCUT2D eigenvalue weighted by Crippen LogP contribution is -2.08. The van der Waals surface area contributed by atoms with Gasteiger partial charge in [-0.2, -0.15) is 26.3 Å². The van der Waals surface area contributed by atoms with Crippen molar-refractivity contribution in [3.05, 3.63) is 71.7 Å². The third-order valence-corrected chi connectivity index (χ3v) is 4.44. The highest BCUT2D eigenvalue weighted by Crippen LogP contribution is 2.37. The van der Waals surface area contributed by atoms with E-state index in [9.17, 15) is 31.4 Å². The Labute approximate surface area is 174 Å². The molecule has 0 aliphatic heterocycles. The molecule has 0 unspecified atom stereocenters. The first-order chi connectivity index (χ1) is 15.1. The van der Waals surface area contributed by atoms with Crippen LogP contribution in [0.4, 0.5) is 26.3 Å². The van der Waals surface area contributed by atoms with E-state index in [4.69, 9.17) is 9.05 Å². The molecule has 4 aromatic heterocycles. The van der Waals surface area contributed by atoms with Crippen LogP contribution in [-0.2, 0) is 12.4 Å². The van der Waals surface area contributed by atoms with Gasteiger partial charge in [-0.05, 0) is 24.3 Å². The summed E-state index contributed by atoms with van der Waals surface area (Å²) in [6, 6.07) is 3.72. The third kappa shape index (κ3) is 4.06. The maximum atomic E-state index is 12.7. The normalized spacial score (nSPS) is 12.5. The predicted molar refractivity (Wildman–Crippen MR) is 93.5 cm³/mol. The Balaban J connectivity index is 1.66. The molecule has 0 radical (unpaired) electrons. The number of hydrogen-bond donors (Lipinski definition) is 1. The van der Waals surface area contributed by atoms with Crippen molar-refractivity contribution in [2.24, 2.45) is 0 Å². The molecule has 0 aliphatic carbocycles. The van der Waals surface area contributed by atoms with E-state index in [0.717, 1.165) is 49.2 Å². The zero-order valence-electron chi connectivity index (χ0n) is 15.5. The molecule has 0 fully saturated rings. The fourth-order valence-corrected chi connectivity index (χ4v) is 2.89. The summed E-state index contributed by atoms with van der Waals surface area (Å²) in [5.74, 6) is 0. The van der Waals surface area contributed by atoms with Gasteiger partial charge in [0.2, 0.25) is 0 Å². The van der Waals surface area contributed by atoms with Gasteiger partial charge in [-0.15, -0.1) is 0 Å². The predicted octanol–water partition coefficient (Wildman–Crippen LogP) is 4.91. The summed E-state index contributed by atoms with van der Waals surface area (Å²) < 4.78 is 86.1. The third-order valence-electron chi connectivity index (χ3n) is 4.44. The number of pyridine rings is 2. The highest BCUT2D eigenvalue weighted by Gasteiger charge is 2.34. The molecule has 0 saturated heterocycles. The number of aliphatic hydroxyl groups is 1. The molecule has 4 aromatic rings. The molecule has 0 spiro atoms. The molecule has 0 aliphatic rings. The first kappa shape index (κ1) is 21.5. The van der Waals surface area contributed by atoms with E-state index < -0.39 is 29.8 Å². The van der Waals surface area contributed by atoms with E-state index in [2.05, 4.69) is 20.3 Å². The second kappa shape index (κ2) is 7.75. The zero-order chi connectivity index (χ0) is 23.1. The number of alkyl halides is 6. The summed E-state index contributed by atoms with van der Waals surface area (Å²) in [5.41, 5.74) is -1.82. The molecule has 166 valence electrons. The lowest BCUT2D eigenvalue weighted by atomic mass is 9.98. The Morgan fingerprint density at radius 3 is 1.41 bits per heavy atom. The Morgan fingerprint density at radius 1 is 0.688 bits per heavy atom. The van der Waals surface area contributed by atoms with E-state index in [-0.39, 0.29) is 33.6 Å². The highest BCUT2D eigenvalue weighted by atomic mass is 19.4. The number of nitrogens with zero attached hydrogens (tertiary/aromatic N) is 4. The Bertz CT molecular complexity index is 1120. The van der Waals surface area contributed by atoms with Crippen LogP contribution in [0.5, 0.6) is 0 Å². The highest BCUT2D eigenvalue weighted by molar-refractivity contribution is 5.66. The average molecular weight is 456 g/mol. The molecule has 7 nitrogen and oxygen atoms in total. The maximum Gasteiger partial charge on any atom is 0.433 e. The van der Waals surface area contributed by atoms with Crippen LogP contribution in [0, 0.1) is 0 Å². The molecule has 4 heterocycles. The van der Waals surface area contributed by atoms with Gasteiger partial charge >= 0.3 is 12.4 Å². The molecule has 1 N–H and O–H groups in total. The average Bonchev–Trinajstić information content (AvgIpc) is 3.42. The minimum absolute atomic E-state index is 0.0106. The summed E-state index contributed by atoms with van der Waals surface area (Å²) in [4.78, 5) is 6.69. The standard InChI is InChI=1S/C19H10F6N4O3/c20-18(21,22)13-3-1-9(5-26-13)15-11(7-31-28-15)17(30)12-8-32-29-16(12)10-2-4-14(27-6-10)19(23,24)25/h1-8,17,30H. The number of aliphatic hydroxyl groups excluding tert-OH is 1.